The zero-order valence-electron chi connectivity index (χ0n) is 15.2. The summed E-state index contributed by atoms with van der Waals surface area (Å²) in [6, 6.07) is 12.7. The number of hydrogen-bond donors (Lipinski definition) is 0. The fourth-order valence-electron chi connectivity index (χ4n) is 3.24. The number of benzene rings is 2. The van der Waals surface area contributed by atoms with Crippen LogP contribution >= 0.6 is 0 Å². The molecule has 142 valence electrons. The lowest BCUT2D eigenvalue weighted by atomic mass is 9.90. The van der Waals surface area contributed by atoms with Crippen molar-refractivity contribution in [1.82, 2.24) is 4.90 Å². The number of ketones is 1. The van der Waals surface area contributed by atoms with Crippen LogP contribution in [0, 0.1) is 11.7 Å². The lowest BCUT2D eigenvalue weighted by Gasteiger charge is -2.32. The number of carbonyl (C=O) groups excluding carboxylic acids is 2. The van der Waals surface area contributed by atoms with Crippen LogP contribution in [-0.2, 0) is 4.79 Å². The molecule has 1 aliphatic heterocycles. The lowest BCUT2D eigenvalue weighted by molar-refractivity contribution is -0.134. The van der Waals surface area contributed by atoms with E-state index in [0.29, 0.717) is 36.6 Å². The van der Waals surface area contributed by atoms with E-state index in [1.54, 1.807) is 30.2 Å². The number of carbonyl (C=O) groups is 2. The van der Waals surface area contributed by atoms with Gasteiger partial charge in [-0.15, -0.1) is 0 Å². The van der Waals surface area contributed by atoms with Crippen LogP contribution in [0.5, 0.6) is 11.5 Å². The van der Waals surface area contributed by atoms with Crippen molar-refractivity contribution in [2.45, 2.75) is 12.8 Å². The molecular weight excluding hydrogens is 349 g/mol. The molecule has 1 heterocycles. The van der Waals surface area contributed by atoms with Crippen molar-refractivity contribution in [3.63, 3.8) is 0 Å². The molecule has 3 rings (SSSR count). The maximum Gasteiger partial charge on any atom is 0.260 e. The second kappa shape index (κ2) is 8.66. The van der Waals surface area contributed by atoms with Crippen molar-refractivity contribution in [3.8, 4) is 11.5 Å². The number of methoxy groups -OCH3 is 1. The van der Waals surface area contributed by atoms with Gasteiger partial charge in [0.1, 0.15) is 5.82 Å². The van der Waals surface area contributed by atoms with Crippen molar-refractivity contribution < 1.29 is 23.5 Å². The predicted molar refractivity (Wildman–Crippen MR) is 98.5 cm³/mol. The van der Waals surface area contributed by atoms with E-state index >= 15 is 0 Å². The van der Waals surface area contributed by atoms with Crippen LogP contribution in [0.15, 0.2) is 48.5 Å². The molecule has 0 aromatic heterocycles. The van der Waals surface area contributed by atoms with Gasteiger partial charge in [0.05, 0.1) is 7.11 Å². The van der Waals surface area contributed by atoms with Gasteiger partial charge in [0.25, 0.3) is 5.91 Å². The van der Waals surface area contributed by atoms with Gasteiger partial charge in [0.2, 0.25) is 0 Å². The molecule has 0 bridgehead atoms. The van der Waals surface area contributed by atoms with Gasteiger partial charge < -0.3 is 14.4 Å². The first-order chi connectivity index (χ1) is 13.1. The van der Waals surface area contributed by atoms with E-state index in [9.17, 15) is 14.0 Å². The fourth-order valence-corrected chi connectivity index (χ4v) is 3.24. The van der Waals surface area contributed by atoms with Gasteiger partial charge in [-0.25, -0.2) is 4.39 Å². The largest absolute Gasteiger partial charge is 0.493 e. The van der Waals surface area contributed by atoms with Crippen LogP contribution in [0.1, 0.15) is 23.2 Å². The second-order valence-electron chi connectivity index (χ2n) is 6.49. The first-order valence-corrected chi connectivity index (χ1v) is 8.92. The number of likely N-dealkylation sites (tertiary alicyclic amines) is 1. The highest BCUT2D eigenvalue weighted by molar-refractivity contribution is 5.98. The Bertz CT molecular complexity index is 806. The summed E-state index contributed by atoms with van der Waals surface area (Å²) in [4.78, 5) is 26.8. The molecule has 2 aromatic rings. The van der Waals surface area contributed by atoms with Crippen LogP contribution < -0.4 is 9.47 Å². The average Bonchev–Trinajstić information content (AvgIpc) is 2.72. The molecule has 27 heavy (non-hydrogen) atoms. The number of rotatable bonds is 6. The van der Waals surface area contributed by atoms with Crippen molar-refractivity contribution in [3.05, 3.63) is 59.9 Å². The van der Waals surface area contributed by atoms with E-state index in [1.807, 2.05) is 6.07 Å². The molecule has 5 nitrogen and oxygen atoms in total. The Morgan fingerprint density at radius 1 is 1.11 bits per heavy atom. The molecule has 1 saturated heterocycles. The van der Waals surface area contributed by atoms with Crippen LogP contribution in [0.25, 0.3) is 0 Å². The molecule has 1 amide bonds. The van der Waals surface area contributed by atoms with Gasteiger partial charge in [-0.05, 0) is 49.2 Å². The minimum Gasteiger partial charge on any atom is -0.493 e. The quantitative estimate of drug-likeness (QED) is 0.731. The van der Waals surface area contributed by atoms with Crippen molar-refractivity contribution in [1.29, 1.82) is 0 Å². The number of halogens is 1. The van der Waals surface area contributed by atoms with Crippen LogP contribution in [0.3, 0.4) is 0 Å². The normalized spacial score (nSPS) is 16.7. The number of Topliss-reactive ketones (excluding diaryl/α,β-unsaturated/α-hetero) is 1. The molecule has 0 radical (unpaired) electrons. The highest BCUT2D eigenvalue weighted by Gasteiger charge is 2.29. The molecule has 1 unspecified atom stereocenters. The van der Waals surface area contributed by atoms with Gasteiger partial charge in [-0.1, -0.05) is 12.1 Å². The summed E-state index contributed by atoms with van der Waals surface area (Å²) in [5, 5.41) is 0. The zero-order valence-corrected chi connectivity index (χ0v) is 15.2. The first kappa shape index (κ1) is 18.9. The molecular formula is C21H22FNO4. The van der Waals surface area contributed by atoms with Crippen molar-refractivity contribution >= 4 is 11.7 Å². The zero-order chi connectivity index (χ0) is 19.2. The summed E-state index contributed by atoms with van der Waals surface area (Å²) in [6.07, 6.45) is 1.46. The Morgan fingerprint density at radius 3 is 2.52 bits per heavy atom. The highest BCUT2D eigenvalue weighted by atomic mass is 19.1. The summed E-state index contributed by atoms with van der Waals surface area (Å²) in [7, 11) is 1.54. The van der Waals surface area contributed by atoms with E-state index in [0.717, 1.165) is 6.42 Å². The molecule has 2 aromatic carbocycles. The van der Waals surface area contributed by atoms with Crippen molar-refractivity contribution in [2.24, 2.45) is 5.92 Å². The summed E-state index contributed by atoms with van der Waals surface area (Å²) in [5.74, 6) is 0.188. The smallest absolute Gasteiger partial charge is 0.260 e. The number of ether oxygens (including phenoxy) is 2. The van der Waals surface area contributed by atoms with E-state index in [-0.39, 0.29) is 30.0 Å². The molecule has 0 spiro atoms. The SMILES string of the molecule is COc1ccccc1OCC(=O)N1CCCC(C(=O)c2ccc(F)cc2)C1. The lowest BCUT2D eigenvalue weighted by Crippen LogP contribution is -2.44. The summed E-state index contributed by atoms with van der Waals surface area (Å²) >= 11 is 0. The minimum absolute atomic E-state index is 0.0573. The van der Waals surface area contributed by atoms with E-state index < -0.39 is 0 Å². The summed E-state index contributed by atoms with van der Waals surface area (Å²) in [5.41, 5.74) is 0.473. The molecule has 6 heteroatoms. The molecule has 1 atom stereocenters. The van der Waals surface area contributed by atoms with E-state index in [2.05, 4.69) is 0 Å². The molecule has 0 aliphatic carbocycles. The topological polar surface area (TPSA) is 55.8 Å². The Hall–Kier alpha value is -2.89. The number of nitrogens with zero attached hydrogens (tertiary/aromatic N) is 1. The monoisotopic (exact) mass is 371 g/mol. The van der Waals surface area contributed by atoms with Crippen LogP contribution in [0.4, 0.5) is 4.39 Å². The Balaban J connectivity index is 1.59. The predicted octanol–water partition coefficient (Wildman–Crippen LogP) is 3.33. The Labute approximate surface area is 157 Å². The van der Waals surface area contributed by atoms with Crippen molar-refractivity contribution in [2.75, 3.05) is 26.8 Å². The molecule has 1 fully saturated rings. The minimum atomic E-state index is -0.375. The number of para-hydroxylation sites is 2. The maximum absolute atomic E-state index is 13.1. The molecule has 0 N–H and O–H groups in total. The average molecular weight is 371 g/mol. The van der Waals surface area contributed by atoms with Gasteiger partial charge in [-0.2, -0.15) is 0 Å². The van der Waals surface area contributed by atoms with Gasteiger partial charge in [-0.3, -0.25) is 9.59 Å². The summed E-state index contributed by atoms with van der Waals surface area (Å²) in [6.45, 7) is 0.837. The Kier molecular flexibility index (Phi) is 6.06. The van der Waals surface area contributed by atoms with Crippen LogP contribution in [-0.4, -0.2) is 43.4 Å². The standard InChI is InChI=1S/C21H22FNO4/c1-26-18-6-2-3-7-19(18)27-14-20(24)23-12-4-5-16(13-23)21(25)15-8-10-17(22)11-9-15/h2-3,6-11,16H,4-5,12-14H2,1H3. The highest BCUT2D eigenvalue weighted by Crippen LogP contribution is 2.26. The van der Waals surface area contributed by atoms with E-state index in [1.165, 1.54) is 24.3 Å². The first-order valence-electron chi connectivity index (χ1n) is 8.92. The maximum atomic E-state index is 13.1. The third-order valence-electron chi connectivity index (χ3n) is 4.69. The number of hydrogen-bond acceptors (Lipinski definition) is 4. The second-order valence-corrected chi connectivity index (χ2v) is 6.49. The van der Waals surface area contributed by atoms with Gasteiger partial charge >= 0.3 is 0 Å². The third kappa shape index (κ3) is 4.64. The molecule has 0 saturated carbocycles. The van der Waals surface area contributed by atoms with Gasteiger partial charge in [0.15, 0.2) is 23.9 Å². The molecule has 1 aliphatic rings. The van der Waals surface area contributed by atoms with Gasteiger partial charge in [0, 0.05) is 24.6 Å². The number of piperidine rings is 1. The third-order valence-corrected chi connectivity index (χ3v) is 4.69. The fraction of sp³-hybridized carbons (Fsp3) is 0.333. The summed E-state index contributed by atoms with van der Waals surface area (Å²) < 4.78 is 23.9. The van der Waals surface area contributed by atoms with Crippen LogP contribution in [0.2, 0.25) is 0 Å². The Morgan fingerprint density at radius 2 is 1.81 bits per heavy atom. The van der Waals surface area contributed by atoms with E-state index in [4.69, 9.17) is 9.47 Å². The number of amides is 1.